The normalized spacial score (nSPS) is 11.6. The molecule has 11 rings (SSSR count). The third-order valence-electron chi connectivity index (χ3n) is 11.3. The lowest BCUT2D eigenvalue weighted by molar-refractivity contribution is 1.18. The average molecular weight is 713 g/mol. The van der Waals surface area contributed by atoms with E-state index in [0.29, 0.717) is 0 Å². The van der Waals surface area contributed by atoms with Gasteiger partial charge in [-0.15, -0.1) is 0 Å². The minimum atomic E-state index is 1.10. The van der Waals surface area contributed by atoms with Crippen LogP contribution in [0.2, 0.25) is 0 Å². The minimum Gasteiger partial charge on any atom is -0.310 e. The van der Waals surface area contributed by atoms with Crippen molar-refractivity contribution in [2.45, 2.75) is 0 Å². The van der Waals surface area contributed by atoms with E-state index in [1.807, 2.05) is 0 Å². The second-order valence-corrected chi connectivity index (χ2v) is 14.6. The zero-order chi connectivity index (χ0) is 37.0. The summed E-state index contributed by atoms with van der Waals surface area (Å²) in [5.74, 6) is 0. The van der Waals surface area contributed by atoms with Gasteiger partial charge in [0.25, 0.3) is 0 Å². The summed E-state index contributed by atoms with van der Waals surface area (Å²) in [6.45, 7) is 0. The maximum absolute atomic E-state index is 2.38. The van der Waals surface area contributed by atoms with Crippen LogP contribution in [0.4, 0.5) is 17.1 Å². The van der Waals surface area contributed by atoms with Gasteiger partial charge in [-0.05, 0) is 121 Å². The van der Waals surface area contributed by atoms with Gasteiger partial charge in [0.1, 0.15) is 0 Å². The Labute approximate surface area is 325 Å². The molecule has 0 aliphatic rings. The van der Waals surface area contributed by atoms with Crippen LogP contribution < -0.4 is 4.90 Å². The van der Waals surface area contributed by atoms with Crippen molar-refractivity contribution >= 4 is 71.2 Å². The third-order valence-corrected chi connectivity index (χ3v) is 11.3. The van der Waals surface area contributed by atoms with E-state index in [1.165, 1.54) is 76.4 Å². The van der Waals surface area contributed by atoms with Gasteiger partial charge < -0.3 is 9.47 Å². The predicted molar refractivity (Wildman–Crippen MR) is 239 cm³/mol. The van der Waals surface area contributed by atoms with Crippen molar-refractivity contribution < 1.29 is 0 Å². The molecule has 0 aliphatic heterocycles. The summed E-state index contributed by atoms with van der Waals surface area (Å²) < 4.78 is 2.37. The first-order valence-electron chi connectivity index (χ1n) is 19.3. The molecule has 1 aromatic heterocycles. The summed E-state index contributed by atoms with van der Waals surface area (Å²) in [6, 6.07) is 79.4. The SMILES string of the molecule is c1ccc(-c2ccc(N(c3ccc(-c4ccc5c(ccc6ccc7ccccc7c65)c4)cc3)c3ccc4c(c3)c3ccccc3n4-c3ccccc3)cc2)cc1. The monoisotopic (exact) mass is 712 g/mol. The highest BCUT2D eigenvalue weighted by molar-refractivity contribution is 6.20. The topological polar surface area (TPSA) is 8.17 Å². The van der Waals surface area contributed by atoms with Gasteiger partial charge in [0.05, 0.1) is 11.0 Å². The van der Waals surface area contributed by atoms with Gasteiger partial charge in [-0.2, -0.15) is 0 Å². The fraction of sp³-hybridized carbons (Fsp3) is 0. The molecule has 0 amide bonds. The Bertz CT molecular complexity index is 3210. The molecule has 0 unspecified atom stereocenters. The van der Waals surface area contributed by atoms with Gasteiger partial charge in [-0.1, -0.05) is 152 Å². The molecule has 0 spiro atoms. The lowest BCUT2D eigenvalue weighted by Crippen LogP contribution is -2.10. The first kappa shape index (κ1) is 32.0. The van der Waals surface area contributed by atoms with Crippen molar-refractivity contribution in [3.05, 3.63) is 218 Å². The summed E-state index contributed by atoms with van der Waals surface area (Å²) in [4.78, 5) is 2.38. The molecular formula is C54H36N2. The molecule has 0 atom stereocenters. The van der Waals surface area contributed by atoms with Gasteiger partial charge in [0, 0.05) is 33.5 Å². The van der Waals surface area contributed by atoms with Crippen LogP contribution in [0.25, 0.3) is 82.1 Å². The fourth-order valence-electron chi connectivity index (χ4n) is 8.65. The molecule has 262 valence electrons. The number of para-hydroxylation sites is 2. The van der Waals surface area contributed by atoms with Gasteiger partial charge in [-0.25, -0.2) is 0 Å². The Balaban J connectivity index is 1.03. The average Bonchev–Trinajstić information content (AvgIpc) is 3.61. The zero-order valence-corrected chi connectivity index (χ0v) is 30.7. The molecule has 1 heterocycles. The Morgan fingerprint density at radius 3 is 1.55 bits per heavy atom. The third kappa shape index (κ3) is 5.34. The summed E-state index contributed by atoms with van der Waals surface area (Å²) >= 11 is 0. The number of aromatic nitrogens is 1. The van der Waals surface area contributed by atoms with E-state index in [0.717, 1.165) is 22.7 Å². The lowest BCUT2D eigenvalue weighted by atomic mass is 9.94. The van der Waals surface area contributed by atoms with Crippen molar-refractivity contribution in [1.82, 2.24) is 4.57 Å². The van der Waals surface area contributed by atoms with Crippen molar-refractivity contribution in [3.8, 4) is 27.9 Å². The number of anilines is 3. The van der Waals surface area contributed by atoms with Gasteiger partial charge in [0.2, 0.25) is 0 Å². The quantitative estimate of drug-likeness (QED) is 0.156. The van der Waals surface area contributed by atoms with Crippen molar-refractivity contribution in [1.29, 1.82) is 0 Å². The highest BCUT2D eigenvalue weighted by atomic mass is 15.1. The Morgan fingerprint density at radius 1 is 0.286 bits per heavy atom. The number of hydrogen-bond acceptors (Lipinski definition) is 1. The summed E-state index contributed by atoms with van der Waals surface area (Å²) in [5.41, 5.74) is 11.7. The van der Waals surface area contributed by atoms with Crippen LogP contribution >= 0.6 is 0 Å². The standard InChI is InChI=1S/C54H36N2/c1-3-11-37(12-4-1)38-23-28-45(29-24-38)55(47-32-34-53-51(36-47)50-17-9-10-18-52(50)56(53)44-14-5-2-6-15-44)46-30-25-39(26-31-46)42-27-33-49-43(35-42)22-21-41-20-19-40-13-7-8-16-48(40)54(41)49/h1-36H. The van der Waals surface area contributed by atoms with Crippen molar-refractivity contribution in [2.24, 2.45) is 0 Å². The summed E-state index contributed by atoms with van der Waals surface area (Å²) in [6.07, 6.45) is 0. The van der Waals surface area contributed by atoms with E-state index in [1.54, 1.807) is 0 Å². The van der Waals surface area contributed by atoms with Crippen LogP contribution in [-0.4, -0.2) is 4.57 Å². The molecule has 2 heteroatoms. The molecule has 0 N–H and O–H groups in total. The first-order chi connectivity index (χ1) is 27.8. The molecular weight excluding hydrogens is 677 g/mol. The van der Waals surface area contributed by atoms with E-state index in [-0.39, 0.29) is 0 Å². The van der Waals surface area contributed by atoms with Crippen LogP contribution in [0.1, 0.15) is 0 Å². The van der Waals surface area contributed by atoms with Crippen LogP contribution in [0.15, 0.2) is 218 Å². The smallest absolute Gasteiger partial charge is 0.0542 e. The van der Waals surface area contributed by atoms with Gasteiger partial charge in [0.15, 0.2) is 0 Å². The van der Waals surface area contributed by atoms with Crippen LogP contribution in [0, 0.1) is 0 Å². The highest BCUT2D eigenvalue weighted by Gasteiger charge is 2.18. The van der Waals surface area contributed by atoms with Gasteiger partial charge in [-0.3, -0.25) is 0 Å². The van der Waals surface area contributed by atoms with Crippen molar-refractivity contribution in [3.63, 3.8) is 0 Å². The lowest BCUT2D eigenvalue weighted by Gasteiger charge is -2.26. The second kappa shape index (κ2) is 13.2. The number of fused-ring (bicyclic) bond motifs is 8. The number of hydrogen-bond donors (Lipinski definition) is 0. The van der Waals surface area contributed by atoms with Crippen molar-refractivity contribution in [2.75, 3.05) is 4.90 Å². The molecule has 0 radical (unpaired) electrons. The van der Waals surface area contributed by atoms with E-state index < -0.39 is 0 Å². The molecule has 2 nitrogen and oxygen atoms in total. The summed E-state index contributed by atoms with van der Waals surface area (Å²) in [7, 11) is 0. The summed E-state index contributed by atoms with van der Waals surface area (Å²) in [5, 5.41) is 10.2. The number of nitrogens with zero attached hydrogens (tertiary/aromatic N) is 2. The van der Waals surface area contributed by atoms with Crippen LogP contribution in [0.3, 0.4) is 0 Å². The number of rotatable bonds is 6. The molecule has 10 aromatic carbocycles. The van der Waals surface area contributed by atoms with Crippen LogP contribution in [-0.2, 0) is 0 Å². The Kier molecular flexibility index (Phi) is 7.53. The van der Waals surface area contributed by atoms with E-state index in [2.05, 4.69) is 228 Å². The maximum Gasteiger partial charge on any atom is 0.0542 e. The van der Waals surface area contributed by atoms with Crippen LogP contribution in [0.5, 0.6) is 0 Å². The molecule has 56 heavy (non-hydrogen) atoms. The largest absolute Gasteiger partial charge is 0.310 e. The van der Waals surface area contributed by atoms with E-state index >= 15 is 0 Å². The minimum absolute atomic E-state index is 1.10. The van der Waals surface area contributed by atoms with E-state index in [9.17, 15) is 0 Å². The Morgan fingerprint density at radius 2 is 0.804 bits per heavy atom. The van der Waals surface area contributed by atoms with Gasteiger partial charge >= 0.3 is 0 Å². The second-order valence-electron chi connectivity index (χ2n) is 14.6. The number of benzene rings is 10. The molecule has 0 aliphatic carbocycles. The Hall–Kier alpha value is -7.42. The zero-order valence-electron chi connectivity index (χ0n) is 30.7. The molecule has 0 saturated heterocycles. The first-order valence-corrected chi connectivity index (χ1v) is 19.3. The predicted octanol–water partition coefficient (Wildman–Crippen LogP) is 15.0. The van der Waals surface area contributed by atoms with E-state index in [4.69, 9.17) is 0 Å². The maximum atomic E-state index is 2.38. The fourth-order valence-corrected chi connectivity index (χ4v) is 8.65. The molecule has 11 aromatic rings. The molecule has 0 fully saturated rings. The highest BCUT2D eigenvalue weighted by Crippen LogP contribution is 2.41. The molecule has 0 saturated carbocycles. The molecule has 0 bridgehead atoms.